The Balaban J connectivity index is 1.32. The zero-order valence-electron chi connectivity index (χ0n) is 20.3. The lowest BCUT2D eigenvalue weighted by molar-refractivity contribution is 0.122. The Morgan fingerprint density at radius 1 is 0.921 bits per heavy atom. The van der Waals surface area contributed by atoms with Crippen LogP contribution in [0.3, 0.4) is 0 Å². The van der Waals surface area contributed by atoms with E-state index in [9.17, 15) is 0 Å². The average molecular weight is 550 g/mol. The van der Waals surface area contributed by atoms with Crippen molar-refractivity contribution < 1.29 is 9.47 Å². The Bertz CT molecular complexity index is 1400. The van der Waals surface area contributed by atoms with Crippen LogP contribution in [0.25, 0.3) is 0 Å². The summed E-state index contributed by atoms with van der Waals surface area (Å²) in [5.74, 6) is 1.92. The van der Waals surface area contributed by atoms with Gasteiger partial charge < -0.3 is 19.7 Å². The third kappa shape index (κ3) is 6.89. The van der Waals surface area contributed by atoms with Gasteiger partial charge in [-0.2, -0.15) is 20.1 Å². The SMILES string of the molecule is Clc1ccc(COc2ccccc2/C=N\Nc2nc(Nc3ccccc3)nc(N3CCOCC3)n2)c(Cl)c1. The number of aromatic nitrogens is 3. The Kier molecular flexibility index (Phi) is 8.49. The van der Waals surface area contributed by atoms with Crippen LogP contribution < -0.4 is 20.4 Å². The van der Waals surface area contributed by atoms with Crippen LogP contribution in [0.15, 0.2) is 77.9 Å². The summed E-state index contributed by atoms with van der Waals surface area (Å²) in [6, 6.07) is 22.6. The first-order chi connectivity index (χ1) is 18.6. The van der Waals surface area contributed by atoms with Gasteiger partial charge in [0.25, 0.3) is 0 Å². The Morgan fingerprint density at radius 2 is 1.68 bits per heavy atom. The van der Waals surface area contributed by atoms with E-state index in [1.54, 1.807) is 18.3 Å². The minimum Gasteiger partial charge on any atom is -0.488 e. The number of hydrazone groups is 1. The second-order valence-electron chi connectivity index (χ2n) is 8.31. The topological polar surface area (TPSA) is 96.8 Å². The van der Waals surface area contributed by atoms with E-state index < -0.39 is 0 Å². The van der Waals surface area contributed by atoms with E-state index >= 15 is 0 Å². The average Bonchev–Trinajstić information content (AvgIpc) is 2.94. The van der Waals surface area contributed by atoms with Crippen molar-refractivity contribution in [2.24, 2.45) is 5.10 Å². The molecule has 9 nitrogen and oxygen atoms in total. The van der Waals surface area contributed by atoms with Crippen molar-refractivity contribution >= 4 is 52.9 Å². The molecule has 0 unspecified atom stereocenters. The van der Waals surface area contributed by atoms with E-state index in [1.807, 2.05) is 60.7 Å². The molecule has 0 aliphatic carbocycles. The second kappa shape index (κ2) is 12.6. The largest absolute Gasteiger partial charge is 0.488 e. The number of hydrogen-bond acceptors (Lipinski definition) is 9. The van der Waals surface area contributed by atoms with Gasteiger partial charge in [0.1, 0.15) is 12.4 Å². The highest BCUT2D eigenvalue weighted by molar-refractivity contribution is 6.35. The molecule has 5 rings (SSSR count). The molecule has 2 heterocycles. The minimum atomic E-state index is 0.291. The van der Waals surface area contributed by atoms with Gasteiger partial charge in [0.2, 0.25) is 17.8 Å². The van der Waals surface area contributed by atoms with E-state index in [4.69, 9.17) is 32.7 Å². The summed E-state index contributed by atoms with van der Waals surface area (Å²) >= 11 is 12.3. The maximum atomic E-state index is 6.28. The highest BCUT2D eigenvalue weighted by Gasteiger charge is 2.17. The molecular formula is C27H25Cl2N7O2. The van der Waals surface area contributed by atoms with Crippen LogP contribution in [0.4, 0.5) is 23.5 Å². The summed E-state index contributed by atoms with van der Waals surface area (Å²) in [6.45, 7) is 2.91. The number of nitrogens with zero attached hydrogens (tertiary/aromatic N) is 5. The van der Waals surface area contributed by atoms with Gasteiger partial charge in [-0.3, -0.25) is 0 Å². The third-order valence-electron chi connectivity index (χ3n) is 5.63. The number of rotatable bonds is 9. The molecule has 2 N–H and O–H groups in total. The summed E-state index contributed by atoms with van der Waals surface area (Å²) in [6.07, 6.45) is 1.65. The minimum absolute atomic E-state index is 0.291. The first-order valence-corrected chi connectivity index (χ1v) is 12.8. The highest BCUT2D eigenvalue weighted by atomic mass is 35.5. The summed E-state index contributed by atoms with van der Waals surface area (Å²) in [7, 11) is 0. The maximum absolute atomic E-state index is 6.28. The molecule has 1 aromatic heterocycles. The first-order valence-electron chi connectivity index (χ1n) is 12.0. The molecule has 1 aliphatic rings. The molecule has 1 fully saturated rings. The molecule has 3 aromatic carbocycles. The van der Waals surface area contributed by atoms with Gasteiger partial charge in [-0.25, -0.2) is 5.43 Å². The first kappa shape index (κ1) is 25.7. The van der Waals surface area contributed by atoms with E-state index in [-0.39, 0.29) is 0 Å². The molecule has 4 aromatic rings. The predicted octanol–water partition coefficient (Wildman–Crippen LogP) is 5.78. The van der Waals surface area contributed by atoms with E-state index in [0.29, 0.717) is 66.5 Å². The number of nitrogens with one attached hydrogen (secondary N) is 2. The molecule has 1 saturated heterocycles. The van der Waals surface area contributed by atoms with Crippen molar-refractivity contribution in [1.82, 2.24) is 15.0 Å². The highest BCUT2D eigenvalue weighted by Crippen LogP contribution is 2.24. The van der Waals surface area contributed by atoms with E-state index in [0.717, 1.165) is 16.8 Å². The quantitative estimate of drug-likeness (QED) is 0.200. The molecule has 0 amide bonds. The number of hydrogen-bond donors (Lipinski definition) is 2. The van der Waals surface area contributed by atoms with Crippen molar-refractivity contribution in [1.29, 1.82) is 0 Å². The number of halogens is 2. The Labute approximate surface area is 230 Å². The van der Waals surface area contributed by atoms with Crippen LogP contribution >= 0.6 is 23.2 Å². The standard InChI is InChI=1S/C27H25Cl2N7O2/c28-21-11-10-20(23(29)16-21)18-38-24-9-5-4-6-19(24)17-30-35-26-32-25(31-22-7-2-1-3-8-22)33-27(34-26)36-12-14-37-15-13-36/h1-11,16-17H,12-15,18H2,(H2,31,32,33,34,35)/b30-17-. The van der Waals surface area contributed by atoms with Crippen molar-refractivity contribution in [2.75, 3.05) is 41.9 Å². The van der Waals surface area contributed by atoms with Crippen LogP contribution in [0.5, 0.6) is 5.75 Å². The molecule has 0 saturated carbocycles. The Morgan fingerprint density at radius 3 is 2.50 bits per heavy atom. The van der Waals surface area contributed by atoms with Crippen LogP contribution in [-0.4, -0.2) is 47.5 Å². The van der Waals surface area contributed by atoms with Crippen molar-refractivity contribution in [2.45, 2.75) is 6.61 Å². The van der Waals surface area contributed by atoms with E-state index in [1.165, 1.54) is 0 Å². The van der Waals surface area contributed by atoms with Crippen LogP contribution in [0, 0.1) is 0 Å². The van der Waals surface area contributed by atoms with Crippen LogP contribution in [0.2, 0.25) is 10.0 Å². The molecule has 0 atom stereocenters. The maximum Gasteiger partial charge on any atom is 0.250 e. The van der Waals surface area contributed by atoms with Gasteiger partial charge in [0.15, 0.2) is 0 Å². The number of morpholine rings is 1. The fourth-order valence-corrected chi connectivity index (χ4v) is 4.16. The van der Waals surface area contributed by atoms with Crippen LogP contribution in [0.1, 0.15) is 11.1 Å². The number of para-hydroxylation sites is 2. The van der Waals surface area contributed by atoms with Crippen molar-refractivity contribution in [3.8, 4) is 5.75 Å². The van der Waals surface area contributed by atoms with Gasteiger partial charge in [0, 0.05) is 39.9 Å². The molecule has 0 spiro atoms. The fraction of sp³-hybridized carbons (Fsp3) is 0.185. The van der Waals surface area contributed by atoms with E-state index in [2.05, 4.69) is 35.7 Å². The second-order valence-corrected chi connectivity index (χ2v) is 9.15. The van der Waals surface area contributed by atoms with Crippen molar-refractivity contribution in [3.05, 3.63) is 94.0 Å². The normalized spacial score (nSPS) is 13.5. The van der Waals surface area contributed by atoms with Gasteiger partial charge in [-0.15, -0.1) is 0 Å². The molecular weight excluding hydrogens is 525 g/mol. The summed E-state index contributed by atoms with van der Waals surface area (Å²) < 4.78 is 11.5. The number of anilines is 4. The summed E-state index contributed by atoms with van der Waals surface area (Å²) in [5, 5.41) is 8.73. The lowest BCUT2D eigenvalue weighted by Gasteiger charge is -2.27. The molecule has 38 heavy (non-hydrogen) atoms. The molecule has 194 valence electrons. The molecule has 11 heteroatoms. The molecule has 0 radical (unpaired) electrons. The predicted molar refractivity (Wildman–Crippen MR) is 151 cm³/mol. The number of benzene rings is 3. The third-order valence-corrected chi connectivity index (χ3v) is 6.22. The van der Waals surface area contributed by atoms with Crippen LogP contribution in [-0.2, 0) is 11.3 Å². The lowest BCUT2D eigenvalue weighted by Crippen LogP contribution is -2.37. The van der Waals surface area contributed by atoms with Gasteiger partial charge in [-0.05, 0) is 36.4 Å². The zero-order valence-corrected chi connectivity index (χ0v) is 21.9. The summed E-state index contributed by atoms with van der Waals surface area (Å²) in [5.41, 5.74) is 5.41. The van der Waals surface area contributed by atoms with Gasteiger partial charge >= 0.3 is 0 Å². The van der Waals surface area contributed by atoms with Crippen molar-refractivity contribution in [3.63, 3.8) is 0 Å². The lowest BCUT2D eigenvalue weighted by atomic mass is 10.2. The smallest absolute Gasteiger partial charge is 0.250 e. The summed E-state index contributed by atoms with van der Waals surface area (Å²) in [4.78, 5) is 15.7. The monoisotopic (exact) mass is 549 g/mol. The molecule has 0 bridgehead atoms. The van der Waals surface area contributed by atoms with Gasteiger partial charge in [-0.1, -0.05) is 59.6 Å². The molecule has 1 aliphatic heterocycles. The Hall–Kier alpha value is -3.92. The number of ether oxygens (including phenoxy) is 2. The fourth-order valence-electron chi connectivity index (χ4n) is 3.70. The van der Waals surface area contributed by atoms with Gasteiger partial charge in [0.05, 0.1) is 19.4 Å². The zero-order chi connectivity index (χ0) is 26.2.